The maximum Gasteiger partial charge on any atom is 0.230 e. The Bertz CT molecular complexity index is 744. The van der Waals surface area contributed by atoms with Crippen LogP contribution in [0.5, 0.6) is 17.2 Å². The Morgan fingerprint density at radius 3 is 2.35 bits per heavy atom. The molecule has 2 rings (SSSR count). The fraction of sp³-hybridized carbons (Fsp3) is 0.500. The summed E-state index contributed by atoms with van der Waals surface area (Å²) in [5.41, 5.74) is 0.701. The highest BCUT2D eigenvalue weighted by Crippen LogP contribution is 2.40. The molecular formula is C18H25N3O4S. The van der Waals surface area contributed by atoms with Crippen LogP contribution in [0.3, 0.4) is 0 Å². The number of methoxy groups -OCH3 is 3. The van der Waals surface area contributed by atoms with E-state index in [1.807, 2.05) is 0 Å². The Kier molecular flexibility index (Phi) is 7.20. The molecule has 0 radical (unpaired) electrons. The predicted molar refractivity (Wildman–Crippen MR) is 102 cm³/mol. The van der Waals surface area contributed by atoms with Crippen molar-refractivity contribution in [2.45, 2.75) is 39.0 Å². The first-order valence-electron chi connectivity index (χ1n) is 8.48. The topological polar surface area (TPSA) is 82.6 Å². The summed E-state index contributed by atoms with van der Waals surface area (Å²) in [5.74, 6) is 1.68. The molecule has 1 aromatic carbocycles. The molecule has 0 bridgehead atoms. The number of rotatable bonds is 9. The van der Waals surface area contributed by atoms with Gasteiger partial charge >= 0.3 is 0 Å². The van der Waals surface area contributed by atoms with Gasteiger partial charge < -0.3 is 19.5 Å². The SMILES string of the molecule is CCC(CC)c1nnc(NC(=O)Cc2ccc(OC)c(OC)c2OC)s1. The first kappa shape index (κ1) is 20.0. The average Bonchev–Trinajstić information content (AvgIpc) is 3.10. The highest BCUT2D eigenvalue weighted by atomic mass is 32.1. The van der Waals surface area contributed by atoms with E-state index in [1.165, 1.54) is 25.6 Å². The van der Waals surface area contributed by atoms with Crippen molar-refractivity contribution in [2.75, 3.05) is 26.6 Å². The molecule has 26 heavy (non-hydrogen) atoms. The van der Waals surface area contributed by atoms with Crippen molar-refractivity contribution in [3.63, 3.8) is 0 Å². The highest BCUT2D eigenvalue weighted by Gasteiger charge is 2.19. The molecule has 142 valence electrons. The first-order chi connectivity index (χ1) is 12.6. The van der Waals surface area contributed by atoms with E-state index in [-0.39, 0.29) is 12.3 Å². The van der Waals surface area contributed by atoms with E-state index >= 15 is 0 Å². The molecule has 0 spiro atoms. The smallest absolute Gasteiger partial charge is 0.230 e. The first-order valence-corrected chi connectivity index (χ1v) is 9.30. The van der Waals surface area contributed by atoms with E-state index in [4.69, 9.17) is 14.2 Å². The van der Waals surface area contributed by atoms with E-state index in [0.29, 0.717) is 33.9 Å². The van der Waals surface area contributed by atoms with Crippen LogP contribution in [-0.4, -0.2) is 37.4 Å². The van der Waals surface area contributed by atoms with Crippen LogP contribution in [-0.2, 0) is 11.2 Å². The molecule has 0 aliphatic rings. The molecule has 0 atom stereocenters. The highest BCUT2D eigenvalue weighted by molar-refractivity contribution is 7.15. The van der Waals surface area contributed by atoms with Crippen molar-refractivity contribution in [2.24, 2.45) is 0 Å². The second-order valence-corrected chi connectivity index (χ2v) is 6.69. The quantitative estimate of drug-likeness (QED) is 0.716. The van der Waals surface area contributed by atoms with Gasteiger partial charge in [0.05, 0.1) is 27.8 Å². The average molecular weight is 379 g/mol. The zero-order chi connectivity index (χ0) is 19.1. The molecule has 0 unspecified atom stereocenters. The normalized spacial score (nSPS) is 10.7. The van der Waals surface area contributed by atoms with Gasteiger partial charge in [0.25, 0.3) is 0 Å². The molecule has 1 N–H and O–H groups in total. The molecule has 0 saturated carbocycles. The van der Waals surface area contributed by atoms with Gasteiger partial charge in [-0.25, -0.2) is 0 Å². The fourth-order valence-electron chi connectivity index (χ4n) is 2.73. The summed E-state index contributed by atoms with van der Waals surface area (Å²) < 4.78 is 16.0. The van der Waals surface area contributed by atoms with Crippen molar-refractivity contribution < 1.29 is 19.0 Å². The molecule has 0 aliphatic carbocycles. The lowest BCUT2D eigenvalue weighted by atomic mass is 10.1. The summed E-state index contributed by atoms with van der Waals surface area (Å²) in [5, 5.41) is 12.5. The summed E-state index contributed by atoms with van der Waals surface area (Å²) in [7, 11) is 4.62. The Balaban J connectivity index is 2.13. The van der Waals surface area contributed by atoms with E-state index in [9.17, 15) is 4.79 Å². The third-order valence-electron chi connectivity index (χ3n) is 4.16. The Morgan fingerprint density at radius 2 is 1.77 bits per heavy atom. The van der Waals surface area contributed by atoms with Gasteiger partial charge in [0.15, 0.2) is 11.5 Å². The molecule has 7 nitrogen and oxygen atoms in total. The Hall–Kier alpha value is -2.35. The molecular weight excluding hydrogens is 354 g/mol. The van der Waals surface area contributed by atoms with Crippen LogP contribution in [0.2, 0.25) is 0 Å². The van der Waals surface area contributed by atoms with Crippen LogP contribution in [0, 0.1) is 0 Å². The van der Waals surface area contributed by atoms with Crippen LogP contribution in [0.4, 0.5) is 5.13 Å². The number of carbonyl (C=O) groups excluding carboxylic acids is 1. The van der Waals surface area contributed by atoms with Gasteiger partial charge in [-0.15, -0.1) is 10.2 Å². The molecule has 1 aromatic heterocycles. The minimum atomic E-state index is -0.192. The largest absolute Gasteiger partial charge is 0.493 e. The molecule has 1 amide bonds. The Morgan fingerprint density at radius 1 is 1.08 bits per heavy atom. The number of ether oxygens (including phenoxy) is 3. The number of carbonyl (C=O) groups is 1. The van der Waals surface area contributed by atoms with Crippen LogP contribution in [0.1, 0.15) is 43.2 Å². The standard InChI is InChI=1S/C18H25N3O4S/c1-6-11(7-2)17-20-21-18(26-17)19-14(22)10-12-8-9-13(23-3)16(25-5)15(12)24-4/h8-9,11H,6-7,10H2,1-5H3,(H,19,21,22). The number of nitrogens with one attached hydrogen (secondary N) is 1. The Labute approximate surface area is 157 Å². The second kappa shape index (κ2) is 9.38. The van der Waals surface area contributed by atoms with Gasteiger partial charge in [0, 0.05) is 11.5 Å². The van der Waals surface area contributed by atoms with Crippen molar-refractivity contribution >= 4 is 22.4 Å². The number of hydrogen-bond donors (Lipinski definition) is 1. The van der Waals surface area contributed by atoms with E-state index in [0.717, 1.165) is 17.8 Å². The van der Waals surface area contributed by atoms with Crippen molar-refractivity contribution in [1.29, 1.82) is 0 Å². The molecule has 0 saturated heterocycles. The summed E-state index contributed by atoms with van der Waals surface area (Å²) in [6.45, 7) is 4.24. The molecule has 0 aliphatic heterocycles. The molecule has 2 aromatic rings. The van der Waals surface area contributed by atoms with Crippen LogP contribution in [0.15, 0.2) is 12.1 Å². The van der Waals surface area contributed by atoms with E-state index < -0.39 is 0 Å². The van der Waals surface area contributed by atoms with Gasteiger partial charge in [-0.05, 0) is 18.9 Å². The molecule has 8 heteroatoms. The van der Waals surface area contributed by atoms with Gasteiger partial charge in [0.1, 0.15) is 5.01 Å². The lowest BCUT2D eigenvalue weighted by molar-refractivity contribution is -0.115. The van der Waals surface area contributed by atoms with Crippen molar-refractivity contribution in [3.05, 3.63) is 22.7 Å². The van der Waals surface area contributed by atoms with Crippen LogP contribution >= 0.6 is 11.3 Å². The van der Waals surface area contributed by atoms with Gasteiger partial charge in [-0.1, -0.05) is 31.3 Å². The minimum Gasteiger partial charge on any atom is -0.493 e. The van der Waals surface area contributed by atoms with Crippen LogP contribution < -0.4 is 19.5 Å². The maximum atomic E-state index is 12.4. The number of benzene rings is 1. The number of aromatic nitrogens is 2. The molecule has 1 heterocycles. The monoisotopic (exact) mass is 379 g/mol. The molecule has 0 fully saturated rings. The summed E-state index contributed by atoms with van der Waals surface area (Å²) in [6, 6.07) is 3.54. The minimum absolute atomic E-state index is 0.128. The third kappa shape index (κ3) is 4.43. The summed E-state index contributed by atoms with van der Waals surface area (Å²) in [6.07, 6.45) is 2.13. The fourth-order valence-corrected chi connectivity index (χ4v) is 3.75. The van der Waals surface area contributed by atoms with E-state index in [1.54, 1.807) is 19.2 Å². The summed E-state index contributed by atoms with van der Waals surface area (Å²) in [4.78, 5) is 12.4. The zero-order valence-electron chi connectivity index (χ0n) is 15.8. The maximum absolute atomic E-state index is 12.4. The summed E-state index contributed by atoms with van der Waals surface area (Å²) >= 11 is 1.42. The van der Waals surface area contributed by atoms with Gasteiger partial charge in [-0.3, -0.25) is 4.79 Å². The van der Waals surface area contributed by atoms with Crippen LogP contribution in [0.25, 0.3) is 0 Å². The third-order valence-corrected chi connectivity index (χ3v) is 5.16. The number of hydrogen-bond acceptors (Lipinski definition) is 7. The van der Waals surface area contributed by atoms with Gasteiger partial charge in [0.2, 0.25) is 16.8 Å². The number of nitrogens with zero attached hydrogens (tertiary/aromatic N) is 2. The van der Waals surface area contributed by atoms with E-state index in [2.05, 4.69) is 29.4 Å². The number of amides is 1. The second-order valence-electron chi connectivity index (χ2n) is 5.68. The van der Waals surface area contributed by atoms with Crippen molar-refractivity contribution in [3.8, 4) is 17.2 Å². The van der Waals surface area contributed by atoms with Gasteiger partial charge in [-0.2, -0.15) is 0 Å². The zero-order valence-corrected chi connectivity index (χ0v) is 16.6. The lowest BCUT2D eigenvalue weighted by Crippen LogP contribution is -2.15. The lowest BCUT2D eigenvalue weighted by Gasteiger charge is -2.15. The predicted octanol–water partition coefficient (Wildman–Crippen LogP) is 3.65. The number of anilines is 1. The van der Waals surface area contributed by atoms with Crippen molar-refractivity contribution in [1.82, 2.24) is 10.2 Å².